The molecule has 0 radical (unpaired) electrons. The van der Waals surface area contributed by atoms with Crippen LogP contribution in [0.5, 0.6) is 11.5 Å². The highest BCUT2D eigenvalue weighted by Crippen LogP contribution is 2.29. The minimum absolute atomic E-state index is 0.123. The van der Waals surface area contributed by atoms with Crippen molar-refractivity contribution in [2.45, 2.75) is 13.0 Å². The molecule has 0 aliphatic carbocycles. The molecule has 0 bridgehead atoms. The van der Waals surface area contributed by atoms with Crippen molar-refractivity contribution in [1.29, 1.82) is 0 Å². The van der Waals surface area contributed by atoms with Crippen molar-refractivity contribution in [2.75, 3.05) is 20.8 Å². The van der Waals surface area contributed by atoms with Crippen LogP contribution in [0.25, 0.3) is 0 Å². The highest BCUT2D eigenvalue weighted by atomic mass is 16.5. The van der Waals surface area contributed by atoms with Crippen molar-refractivity contribution in [1.82, 2.24) is 4.90 Å². The average Bonchev–Trinajstić information content (AvgIpc) is 3.12. The third-order valence-electron chi connectivity index (χ3n) is 3.62. The highest BCUT2D eigenvalue weighted by Gasteiger charge is 2.21. The Balaban J connectivity index is 2.20. The van der Waals surface area contributed by atoms with Gasteiger partial charge in [-0.2, -0.15) is 0 Å². The molecule has 0 aliphatic heterocycles. The number of methoxy groups -OCH3 is 1. The number of hydrogen-bond acceptors (Lipinski definition) is 4. The molecule has 1 unspecified atom stereocenters. The van der Waals surface area contributed by atoms with Gasteiger partial charge in [0.05, 0.1) is 19.4 Å². The van der Waals surface area contributed by atoms with E-state index in [2.05, 4.69) is 6.58 Å². The molecular weight excluding hydrogens is 294 g/mol. The number of ether oxygens (including phenoxy) is 2. The molecule has 0 fully saturated rings. The Morgan fingerprint density at radius 1 is 1.39 bits per heavy atom. The van der Waals surface area contributed by atoms with Crippen LogP contribution in [-0.2, 0) is 0 Å². The molecular formula is C18H21NO4. The van der Waals surface area contributed by atoms with Crippen molar-refractivity contribution in [3.8, 4) is 11.5 Å². The standard InChI is InChI=1S/C18H21NO4/c1-5-10-22-16-9-8-14(12-17(16)21-4)18(20)19(3)13(2)15-7-6-11-23-15/h5-9,11-13H,1,10H2,2-4H3. The molecule has 1 aromatic carbocycles. The topological polar surface area (TPSA) is 51.9 Å². The van der Waals surface area contributed by atoms with Crippen LogP contribution in [0.15, 0.2) is 53.7 Å². The van der Waals surface area contributed by atoms with Crippen molar-refractivity contribution in [2.24, 2.45) is 0 Å². The van der Waals surface area contributed by atoms with Crippen LogP contribution in [0, 0.1) is 0 Å². The molecule has 1 heterocycles. The van der Waals surface area contributed by atoms with Crippen molar-refractivity contribution in [3.05, 3.63) is 60.6 Å². The summed E-state index contributed by atoms with van der Waals surface area (Å²) in [5.41, 5.74) is 0.522. The third-order valence-corrected chi connectivity index (χ3v) is 3.62. The number of carbonyl (C=O) groups is 1. The first kappa shape index (κ1) is 16.7. The first-order chi connectivity index (χ1) is 11.1. The molecule has 5 heteroatoms. The van der Waals surface area contributed by atoms with E-state index in [-0.39, 0.29) is 11.9 Å². The van der Waals surface area contributed by atoms with E-state index >= 15 is 0 Å². The lowest BCUT2D eigenvalue weighted by Crippen LogP contribution is -2.29. The monoisotopic (exact) mass is 315 g/mol. The SMILES string of the molecule is C=CCOc1ccc(C(=O)N(C)C(C)c2ccco2)cc1OC. The van der Waals surface area contributed by atoms with E-state index in [4.69, 9.17) is 13.9 Å². The second-order valence-corrected chi connectivity index (χ2v) is 5.07. The largest absolute Gasteiger partial charge is 0.493 e. The molecule has 0 saturated carbocycles. The van der Waals surface area contributed by atoms with E-state index in [1.165, 1.54) is 0 Å². The van der Waals surface area contributed by atoms with Gasteiger partial charge in [0, 0.05) is 12.6 Å². The Labute approximate surface area is 136 Å². The predicted molar refractivity (Wildman–Crippen MR) is 87.9 cm³/mol. The Hall–Kier alpha value is -2.69. The zero-order chi connectivity index (χ0) is 16.8. The van der Waals surface area contributed by atoms with Crippen LogP contribution in [0.1, 0.15) is 29.1 Å². The minimum Gasteiger partial charge on any atom is -0.493 e. The fourth-order valence-electron chi connectivity index (χ4n) is 2.17. The van der Waals surface area contributed by atoms with Crippen LogP contribution >= 0.6 is 0 Å². The first-order valence-electron chi connectivity index (χ1n) is 7.30. The van der Waals surface area contributed by atoms with Crippen LogP contribution in [0.4, 0.5) is 0 Å². The molecule has 2 rings (SSSR count). The van der Waals surface area contributed by atoms with Crippen molar-refractivity contribution < 1.29 is 18.7 Å². The van der Waals surface area contributed by atoms with Crippen molar-refractivity contribution >= 4 is 5.91 Å². The number of amides is 1. The zero-order valence-electron chi connectivity index (χ0n) is 13.6. The van der Waals surface area contributed by atoms with Crippen LogP contribution in [0.3, 0.4) is 0 Å². The lowest BCUT2D eigenvalue weighted by molar-refractivity contribution is 0.0726. The molecule has 122 valence electrons. The average molecular weight is 315 g/mol. The van der Waals surface area contributed by atoms with Crippen LogP contribution in [-0.4, -0.2) is 31.6 Å². The number of hydrogen-bond donors (Lipinski definition) is 0. The molecule has 0 N–H and O–H groups in total. The summed E-state index contributed by atoms with van der Waals surface area (Å²) < 4.78 is 16.2. The van der Waals surface area contributed by atoms with Gasteiger partial charge in [-0.15, -0.1) is 0 Å². The van der Waals surface area contributed by atoms with Crippen LogP contribution < -0.4 is 9.47 Å². The number of furan rings is 1. The van der Waals surface area contributed by atoms with Gasteiger partial charge >= 0.3 is 0 Å². The Morgan fingerprint density at radius 2 is 2.17 bits per heavy atom. The van der Waals surface area contributed by atoms with E-state index in [9.17, 15) is 4.79 Å². The summed E-state index contributed by atoms with van der Waals surface area (Å²) >= 11 is 0. The summed E-state index contributed by atoms with van der Waals surface area (Å²) in [5.74, 6) is 1.70. The van der Waals surface area contributed by atoms with Crippen LogP contribution in [0.2, 0.25) is 0 Å². The lowest BCUT2D eigenvalue weighted by Gasteiger charge is -2.23. The quantitative estimate of drug-likeness (QED) is 0.731. The smallest absolute Gasteiger partial charge is 0.254 e. The summed E-state index contributed by atoms with van der Waals surface area (Å²) in [7, 11) is 3.28. The van der Waals surface area contributed by atoms with Gasteiger partial charge in [-0.3, -0.25) is 4.79 Å². The van der Waals surface area contributed by atoms with Gasteiger partial charge < -0.3 is 18.8 Å². The maximum absolute atomic E-state index is 12.6. The molecule has 2 aromatic rings. The molecule has 23 heavy (non-hydrogen) atoms. The van der Waals surface area contributed by atoms with E-state index in [0.717, 1.165) is 5.76 Å². The minimum atomic E-state index is -0.166. The van der Waals surface area contributed by atoms with E-state index < -0.39 is 0 Å². The van der Waals surface area contributed by atoms with E-state index in [1.54, 1.807) is 55.7 Å². The van der Waals surface area contributed by atoms with Crippen molar-refractivity contribution in [3.63, 3.8) is 0 Å². The second kappa shape index (κ2) is 7.54. The number of benzene rings is 1. The fourth-order valence-corrected chi connectivity index (χ4v) is 2.17. The first-order valence-corrected chi connectivity index (χ1v) is 7.30. The number of rotatable bonds is 7. The van der Waals surface area contributed by atoms with Gasteiger partial charge in [0.25, 0.3) is 5.91 Å². The second-order valence-electron chi connectivity index (χ2n) is 5.07. The molecule has 1 aromatic heterocycles. The number of nitrogens with zero attached hydrogens (tertiary/aromatic N) is 1. The Morgan fingerprint density at radius 3 is 2.78 bits per heavy atom. The van der Waals surface area contributed by atoms with Gasteiger partial charge in [0.1, 0.15) is 12.4 Å². The summed E-state index contributed by atoms with van der Waals surface area (Å²) in [6.07, 6.45) is 3.25. The molecule has 0 spiro atoms. The molecule has 0 aliphatic rings. The van der Waals surface area contributed by atoms with Gasteiger partial charge in [0.15, 0.2) is 11.5 Å². The molecule has 1 amide bonds. The molecule has 0 saturated heterocycles. The number of carbonyl (C=O) groups excluding carboxylic acids is 1. The normalized spacial score (nSPS) is 11.6. The zero-order valence-corrected chi connectivity index (χ0v) is 13.6. The predicted octanol–water partition coefficient (Wildman–Crippen LogP) is 3.69. The fraction of sp³-hybridized carbons (Fsp3) is 0.278. The van der Waals surface area contributed by atoms with E-state index in [1.807, 2.05) is 13.0 Å². The summed E-state index contributed by atoms with van der Waals surface area (Å²) in [4.78, 5) is 14.3. The molecule has 1 atom stereocenters. The van der Waals surface area contributed by atoms with Gasteiger partial charge in [0.2, 0.25) is 0 Å². The van der Waals surface area contributed by atoms with Gasteiger partial charge in [-0.05, 0) is 37.3 Å². The maximum atomic E-state index is 12.6. The molecule has 5 nitrogen and oxygen atoms in total. The summed E-state index contributed by atoms with van der Waals surface area (Å²) in [6, 6.07) is 8.60. The summed E-state index contributed by atoms with van der Waals surface area (Å²) in [5, 5.41) is 0. The Kier molecular flexibility index (Phi) is 5.46. The van der Waals surface area contributed by atoms with Gasteiger partial charge in [-0.25, -0.2) is 0 Å². The maximum Gasteiger partial charge on any atom is 0.254 e. The lowest BCUT2D eigenvalue weighted by atomic mass is 10.1. The van der Waals surface area contributed by atoms with Gasteiger partial charge in [-0.1, -0.05) is 12.7 Å². The highest BCUT2D eigenvalue weighted by molar-refractivity contribution is 5.95. The summed E-state index contributed by atoms with van der Waals surface area (Å²) in [6.45, 7) is 5.89. The van der Waals surface area contributed by atoms with E-state index in [0.29, 0.717) is 23.7 Å². The Bertz CT molecular complexity index is 664. The third kappa shape index (κ3) is 3.74.